The number of benzene rings is 1. The normalized spacial score (nSPS) is 12.8. The molecule has 0 radical (unpaired) electrons. The molecule has 1 N–H and O–H groups in total. The number of carbonyl (C=O) groups excluding carboxylic acids is 1. The number of carbonyl (C=O) groups is 1. The van der Waals surface area contributed by atoms with Crippen LogP contribution in [0.15, 0.2) is 41.8 Å². The van der Waals surface area contributed by atoms with Gasteiger partial charge in [-0.05, 0) is 25.0 Å². The van der Waals surface area contributed by atoms with E-state index in [-0.39, 0.29) is 10.8 Å². The zero-order chi connectivity index (χ0) is 15.3. The summed E-state index contributed by atoms with van der Waals surface area (Å²) in [6, 6.07) is 6.16. The Morgan fingerprint density at radius 2 is 1.85 bits per heavy atom. The van der Waals surface area contributed by atoms with Gasteiger partial charge >= 0.3 is 6.09 Å². The highest BCUT2D eigenvalue weighted by Gasteiger charge is 2.21. The molecule has 0 aliphatic heterocycles. The van der Waals surface area contributed by atoms with E-state index >= 15 is 0 Å². The lowest BCUT2D eigenvalue weighted by Gasteiger charge is -2.17. The van der Waals surface area contributed by atoms with E-state index in [1.54, 1.807) is 12.1 Å². The molecule has 110 valence electrons. The molecule has 0 saturated carbocycles. The first kappa shape index (κ1) is 16.2. The van der Waals surface area contributed by atoms with Crippen LogP contribution >= 0.6 is 0 Å². The number of ether oxygens (including phenoxy) is 1. The molecule has 5 nitrogen and oxygen atoms in total. The van der Waals surface area contributed by atoms with Gasteiger partial charge in [0.05, 0.1) is 4.90 Å². The van der Waals surface area contributed by atoms with Crippen LogP contribution in [0.4, 0.5) is 4.79 Å². The fraction of sp³-hybridized carbons (Fsp3) is 0.357. The van der Waals surface area contributed by atoms with Gasteiger partial charge in [-0.3, -0.25) is 0 Å². The Bertz CT molecular complexity index is 576. The highest BCUT2D eigenvalue weighted by molar-refractivity contribution is 7.90. The maximum atomic E-state index is 12.0. The third kappa shape index (κ3) is 4.38. The van der Waals surface area contributed by atoms with E-state index in [1.807, 2.05) is 25.5 Å². The van der Waals surface area contributed by atoms with Gasteiger partial charge in [0, 0.05) is 0 Å². The van der Waals surface area contributed by atoms with Gasteiger partial charge in [0.1, 0.15) is 6.10 Å². The number of sulfonamides is 1. The summed E-state index contributed by atoms with van der Waals surface area (Å²) < 4.78 is 30.8. The Kier molecular flexibility index (Phi) is 5.33. The third-order valence-electron chi connectivity index (χ3n) is 2.68. The second kappa shape index (κ2) is 6.56. The lowest BCUT2D eigenvalue weighted by Crippen LogP contribution is -2.34. The second-order valence-electron chi connectivity index (χ2n) is 4.77. The average Bonchev–Trinajstić information content (AvgIpc) is 2.35. The number of hydrogen-bond acceptors (Lipinski definition) is 4. The SMILES string of the molecule is C=C[C@@H](OC(=O)NS(=O)(=O)c1ccc(C)cc1)C(C)C. The standard InChI is InChI=1S/C14H19NO4S/c1-5-13(10(2)3)19-14(16)15-20(17,18)12-8-6-11(4)7-9-12/h5-10,13H,1H2,2-4H3,(H,15,16)/t13-/m1/s1. The zero-order valence-corrected chi connectivity index (χ0v) is 12.6. The minimum absolute atomic E-state index is 0.0137. The van der Waals surface area contributed by atoms with Crippen molar-refractivity contribution in [1.29, 1.82) is 0 Å². The van der Waals surface area contributed by atoms with Crippen molar-refractivity contribution < 1.29 is 17.9 Å². The van der Waals surface area contributed by atoms with Crippen molar-refractivity contribution in [3.8, 4) is 0 Å². The monoisotopic (exact) mass is 297 g/mol. The number of aryl methyl sites for hydroxylation is 1. The van der Waals surface area contributed by atoms with Crippen LogP contribution in [0, 0.1) is 12.8 Å². The van der Waals surface area contributed by atoms with Crippen LogP contribution in [0.2, 0.25) is 0 Å². The van der Waals surface area contributed by atoms with Crippen LogP contribution < -0.4 is 4.72 Å². The fourth-order valence-corrected chi connectivity index (χ4v) is 2.37. The Balaban J connectivity index is 2.78. The van der Waals surface area contributed by atoms with Gasteiger partial charge in [0.2, 0.25) is 0 Å². The van der Waals surface area contributed by atoms with Crippen LogP contribution in [0.1, 0.15) is 19.4 Å². The summed E-state index contributed by atoms with van der Waals surface area (Å²) in [5.41, 5.74) is 0.929. The van der Waals surface area contributed by atoms with Gasteiger partial charge in [-0.1, -0.05) is 44.2 Å². The first-order valence-corrected chi connectivity index (χ1v) is 7.67. The average molecular weight is 297 g/mol. The van der Waals surface area contributed by atoms with Crippen LogP contribution in [-0.4, -0.2) is 20.6 Å². The fourth-order valence-electron chi connectivity index (χ4n) is 1.49. The molecule has 0 unspecified atom stereocenters. The molecule has 1 aromatic rings. The lowest BCUT2D eigenvalue weighted by atomic mass is 10.1. The van der Waals surface area contributed by atoms with Gasteiger partial charge < -0.3 is 4.74 Å². The van der Waals surface area contributed by atoms with E-state index in [1.165, 1.54) is 18.2 Å². The highest BCUT2D eigenvalue weighted by atomic mass is 32.2. The largest absolute Gasteiger partial charge is 0.441 e. The molecule has 1 rings (SSSR count). The van der Waals surface area contributed by atoms with Crippen molar-refractivity contribution in [3.05, 3.63) is 42.5 Å². The van der Waals surface area contributed by atoms with Crippen molar-refractivity contribution in [1.82, 2.24) is 4.72 Å². The predicted octanol–water partition coefficient (Wildman–Crippen LogP) is 2.62. The molecule has 1 amide bonds. The van der Waals surface area contributed by atoms with Crippen molar-refractivity contribution in [2.75, 3.05) is 0 Å². The zero-order valence-electron chi connectivity index (χ0n) is 11.8. The van der Waals surface area contributed by atoms with Crippen molar-refractivity contribution >= 4 is 16.1 Å². The molecule has 20 heavy (non-hydrogen) atoms. The Morgan fingerprint density at radius 3 is 2.30 bits per heavy atom. The second-order valence-corrected chi connectivity index (χ2v) is 6.45. The summed E-state index contributed by atoms with van der Waals surface area (Å²) in [6.07, 6.45) is -0.0877. The molecule has 0 aromatic heterocycles. The topological polar surface area (TPSA) is 72.5 Å². The maximum Gasteiger partial charge on any atom is 0.421 e. The summed E-state index contributed by atoms with van der Waals surface area (Å²) in [4.78, 5) is 11.6. The smallest absolute Gasteiger partial charge is 0.421 e. The Hall–Kier alpha value is -1.82. The van der Waals surface area contributed by atoms with Crippen LogP contribution in [0.5, 0.6) is 0 Å². The molecule has 1 aromatic carbocycles. The van der Waals surface area contributed by atoms with E-state index < -0.39 is 22.2 Å². The summed E-state index contributed by atoms with van der Waals surface area (Å²) >= 11 is 0. The molecular weight excluding hydrogens is 278 g/mol. The number of amides is 1. The van der Waals surface area contributed by atoms with Crippen LogP contribution in [0.25, 0.3) is 0 Å². The predicted molar refractivity (Wildman–Crippen MR) is 76.8 cm³/mol. The first-order valence-electron chi connectivity index (χ1n) is 6.19. The van der Waals surface area contributed by atoms with E-state index in [0.717, 1.165) is 5.56 Å². The maximum absolute atomic E-state index is 12.0. The Morgan fingerprint density at radius 1 is 1.30 bits per heavy atom. The van der Waals surface area contributed by atoms with E-state index in [2.05, 4.69) is 6.58 Å². The highest BCUT2D eigenvalue weighted by Crippen LogP contribution is 2.11. The number of rotatable bonds is 5. The van der Waals surface area contributed by atoms with E-state index in [4.69, 9.17) is 4.74 Å². The molecule has 1 atom stereocenters. The molecule has 0 saturated heterocycles. The lowest BCUT2D eigenvalue weighted by molar-refractivity contribution is 0.103. The Labute approximate surface area is 119 Å². The van der Waals surface area contributed by atoms with Crippen molar-refractivity contribution in [2.24, 2.45) is 5.92 Å². The van der Waals surface area contributed by atoms with Crippen LogP contribution in [-0.2, 0) is 14.8 Å². The van der Waals surface area contributed by atoms with E-state index in [0.29, 0.717) is 0 Å². The summed E-state index contributed by atoms with van der Waals surface area (Å²) in [5, 5.41) is 0. The van der Waals surface area contributed by atoms with Crippen LogP contribution in [0.3, 0.4) is 0 Å². The summed E-state index contributed by atoms with van der Waals surface area (Å²) in [5.74, 6) is 0.0142. The van der Waals surface area contributed by atoms with Gasteiger partial charge in [-0.2, -0.15) is 0 Å². The molecule has 0 fully saturated rings. The first-order chi connectivity index (χ1) is 9.26. The number of nitrogens with one attached hydrogen (secondary N) is 1. The molecule has 0 heterocycles. The van der Waals surface area contributed by atoms with Gasteiger partial charge in [0.15, 0.2) is 0 Å². The molecule has 0 aliphatic rings. The summed E-state index contributed by atoms with van der Waals surface area (Å²) in [7, 11) is -3.91. The van der Waals surface area contributed by atoms with E-state index in [9.17, 15) is 13.2 Å². The molecule has 6 heteroatoms. The molecule has 0 aliphatic carbocycles. The van der Waals surface area contributed by atoms with Gasteiger partial charge in [-0.15, -0.1) is 0 Å². The van der Waals surface area contributed by atoms with Gasteiger partial charge in [0.25, 0.3) is 10.0 Å². The van der Waals surface area contributed by atoms with Crippen molar-refractivity contribution in [3.63, 3.8) is 0 Å². The molecule has 0 spiro atoms. The van der Waals surface area contributed by atoms with Crippen molar-refractivity contribution in [2.45, 2.75) is 31.8 Å². The molecule has 0 bridgehead atoms. The summed E-state index contributed by atoms with van der Waals surface area (Å²) in [6.45, 7) is 9.07. The molecular formula is C14H19NO4S. The third-order valence-corrected chi connectivity index (χ3v) is 4.01. The van der Waals surface area contributed by atoms with Gasteiger partial charge in [-0.25, -0.2) is 17.9 Å². The number of hydrogen-bond donors (Lipinski definition) is 1. The quantitative estimate of drug-likeness (QED) is 0.848. The minimum atomic E-state index is -3.91. The minimum Gasteiger partial charge on any atom is -0.441 e.